The predicted molar refractivity (Wildman–Crippen MR) is 60.5 cm³/mol. The van der Waals surface area contributed by atoms with Crippen LogP contribution in [0.1, 0.15) is 12.8 Å². The van der Waals surface area contributed by atoms with Crippen LogP contribution in [0, 0.1) is 0 Å². The summed E-state index contributed by atoms with van der Waals surface area (Å²) in [7, 11) is -4.39. The first kappa shape index (κ1) is 15.0. The molecule has 102 valence electrons. The third-order valence-electron chi connectivity index (χ3n) is 2.66. The Balaban J connectivity index is 2.32. The second kappa shape index (κ2) is 7.43. The zero-order valence-electron chi connectivity index (χ0n) is 9.70. The standard InChI is InChI=1S/C9H20NO6P/c11-5-1-3-10(9-2-6-15-8-9)4-7-16-17(12,13)14/h9,11H,1-8H2,(H2,12,13,14). The van der Waals surface area contributed by atoms with Crippen LogP contribution < -0.4 is 0 Å². The van der Waals surface area contributed by atoms with Crippen LogP contribution in [0.3, 0.4) is 0 Å². The van der Waals surface area contributed by atoms with E-state index >= 15 is 0 Å². The molecule has 1 atom stereocenters. The maximum absolute atomic E-state index is 10.5. The molecule has 1 saturated heterocycles. The van der Waals surface area contributed by atoms with Crippen molar-refractivity contribution in [3.8, 4) is 0 Å². The van der Waals surface area contributed by atoms with Crippen molar-refractivity contribution >= 4 is 7.82 Å². The highest BCUT2D eigenvalue weighted by atomic mass is 31.2. The fraction of sp³-hybridized carbons (Fsp3) is 1.00. The van der Waals surface area contributed by atoms with Crippen molar-refractivity contribution in [2.45, 2.75) is 18.9 Å². The van der Waals surface area contributed by atoms with Gasteiger partial charge in [0.05, 0.1) is 13.2 Å². The average Bonchev–Trinajstić information content (AvgIpc) is 2.74. The van der Waals surface area contributed by atoms with Crippen LogP contribution in [0.5, 0.6) is 0 Å². The molecule has 0 saturated carbocycles. The smallest absolute Gasteiger partial charge is 0.396 e. The molecule has 1 heterocycles. The Hall–Kier alpha value is -0.0100. The molecule has 0 aromatic heterocycles. The molecule has 0 aliphatic carbocycles. The van der Waals surface area contributed by atoms with E-state index in [1.54, 1.807) is 0 Å². The molecule has 0 spiro atoms. The van der Waals surface area contributed by atoms with E-state index in [2.05, 4.69) is 4.52 Å². The van der Waals surface area contributed by atoms with E-state index in [1.165, 1.54) is 0 Å². The highest BCUT2D eigenvalue weighted by Crippen LogP contribution is 2.35. The SMILES string of the molecule is O=P(O)(O)OCCN(CCCO)C1CCOC1. The van der Waals surface area contributed by atoms with Gasteiger partial charge in [0.1, 0.15) is 0 Å². The van der Waals surface area contributed by atoms with Gasteiger partial charge in [0.15, 0.2) is 0 Å². The zero-order valence-corrected chi connectivity index (χ0v) is 10.6. The number of hydrogen-bond donors (Lipinski definition) is 3. The van der Waals surface area contributed by atoms with Crippen LogP contribution >= 0.6 is 7.82 Å². The minimum Gasteiger partial charge on any atom is -0.396 e. The molecule has 1 unspecified atom stereocenters. The molecule has 17 heavy (non-hydrogen) atoms. The maximum atomic E-state index is 10.5. The third kappa shape index (κ3) is 6.47. The summed E-state index contributed by atoms with van der Waals surface area (Å²) < 4.78 is 20.2. The first-order valence-electron chi connectivity index (χ1n) is 5.65. The number of phosphoric acid groups is 1. The largest absolute Gasteiger partial charge is 0.469 e. The molecule has 1 aliphatic heterocycles. The van der Waals surface area contributed by atoms with E-state index in [0.29, 0.717) is 32.7 Å². The van der Waals surface area contributed by atoms with E-state index < -0.39 is 7.82 Å². The molecule has 0 aromatic rings. The molecule has 0 bridgehead atoms. The van der Waals surface area contributed by atoms with Gasteiger partial charge in [-0.05, 0) is 12.8 Å². The number of aliphatic hydroxyl groups is 1. The molecule has 3 N–H and O–H groups in total. The molecule has 0 amide bonds. The number of nitrogens with zero attached hydrogens (tertiary/aromatic N) is 1. The van der Waals surface area contributed by atoms with Crippen LogP contribution in [-0.4, -0.2) is 65.4 Å². The second-order valence-corrected chi connectivity index (χ2v) is 5.19. The lowest BCUT2D eigenvalue weighted by Crippen LogP contribution is -2.39. The Morgan fingerprint density at radius 1 is 1.41 bits per heavy atom. The normalized spacial score (nSPS) is 21.3. The van der Waals surface area contributed by atoms with Gasteiger partial charge in [-0.2, -0.15) is 0 Å². The maximum Gasteiger partial charge on any atom is 0.469 e. The minimum absolute atomic E-state index is 0.0216. The molecule has 8 heteroatoms. The molecule has 7 nitrogen and oxygen atoms in total. The van der Waals surface area contributed by atoms with E-state index in [1.807, 2.05) is 4.90 Å². The van der Waals surface area contributed by atoms with E-state index in [4.69, 9.17) is 19.6 Å². The molecule has 0 aromatic carbocycles. The van der Waals surface area contributed by atoms with Gasteiger partial charge in [-0.1, -0.05) is 0 Å². The minimum atomic E-state index is -4.39. The summed E-state index contributed by atoms with van der Waals surface area (Å²) in [6.07, 6.45) is 1.54. The average molecular weight is 269 g/mol. The fourth-order valence-electron chi connectivity index (χ4n) is 1.84. The van der Waals surface area contributed by atoms with Gasteiger partial charge in [-0.15, -0.1) is 0 Å². The van der Waals surface area contributed by atoms with Gasteiger partial charge in [-0.25, -0.2) is 4.57 Å². The van der Waals surface area contributed by atoms with Crippen molar-refractivity contribution < 1.29 is 28.7 Å². The Labute approximate surface area is 101 Å². The first-order valence-corrected chi connectivity index (χ1v) is 7.18. The van der Waals surface area contributed by atoms with E-state index in [9.17, 15) is 4.57 Å². The Kier molecular flexibility index (Phi) is 6.58. The third-order valence-corrected chi connectivity index (χ3v) is 3.18. The summed E-state index contributed by atoms with van der Waals surface area (Å²) in [6.45, 7) is 2.52. The van der Waals surface area contributed by atoms with Gasteiger partial charge in [-0.3, -0.25) is 9.42 Å². The summed E-state index contributed by atoms with van der Waals surface area (Å²) in [6, 6.07) is 0.252. The fourth-order valence-corrected chi connectivity index (χ4v) is 2.16. The van der Waals surface area contributed by atoms with Crippen molar-refractivity contribution in [1.29, 1.82) is 0 Å². The topological polar surface area (TPSA) is 99.5 Å². The molecule has 1 aliphatic rings. The van der Waals surface area contributed by atoms with E-state index in [-0.39, 0.29) is 19.3 Å². The van der Waals surface area contributed by atoms with Crippen molar-refractivity contribution in [3.05, 3.63) is 0 Å². The lowest BCUT2D eigenvalue weighted by molar-refractivity contribution is 0.110. The monoisotopic (exact) mass is 269 g/mol. The molecular weight excluding hydrogens is 249 g/mol. The summed E-state index contributed by atoms with van der Waals surface area (Å²) in [5, 5.41) is 8.80. The Bertz CT molecular complexity index is 252. The lowest BCUT2D eigenvalue weighted by atomic mass is 10.2. The van der Waals surface area contributed by atoms with Crippen molar-refractivity contribution in [3.63, 3.8) is 0 Å². The molecule has 1 fully saturated rings. The molecule has 1 rings (SSSR count). The van der Waals surface area contributed by atoms with Gasteiger partial charge in [0.2, 0.25) is 0 Å². The van der Waals surface area contributed by atoms with Gasteiger partial charge >= 0.3 is 7.82 Å². The van der Waals surface area contributed by atoms with Gasteiger partial charge in [0.25, 0.3) is 0 Å². The summed E-state index contributed by atoms with van der Waals surface area (Å²) in [5.41, 5.74) is 0. The van der Waals surface area contributed by atoms with Crippen LogP contribution in [0.25, 0.3) is 0 Å². The number of hydrogen-bond acceptors (Lipinski definition) is 5. The lowest BCUT2D eigenvalue weighted by Gasteiger charge is -2.27. The Morgan fingerprint density at radius 3 is 2.71 bits per heavy atom. The van der Waals surface area contributed by atoms with Gasteiger partial charge in [0, 0.05) is 32.3 Å². The van der Waals surface area contributed by atoms with Crippen LogP contribution in [0.15, 0.2) is 0 Å². The summed E-state index contributed by atoms with van der Waals surface area (Å²) in [5.74, 6) is 0. The van der Waals surface area contributed by atoms with E-state index in [0.717, 1.165) is 6.42 Å². The number of aliphatic hydroxyl groups excluding tert-OH is 1. The second-order valence-electron chi connectivity index (χ2n) is 3.95. The molecule has 0 radical (unpaired) electrons. The number of ether oxygens (including phenoxy) is 1. The van der Waals surface area contributed by atoms with Crippen LogP contribution in [-0.2, 0) is 13.8 Å². The zero-order chi connectivity index (χ0) is 12.7. The van der Waals surface area contributed by atoms with Crippen molar-refractivity contribution in [2.75, 3.05) is 39.5 Å². The van der Waals surface area contributed by atoms with Crippen molar-refractivity contribution in [1.82, 2.24) is 4.90 Å². The predicted octanol–water partition coefficient (Wildman–Crippen LogP) is -0.431. The Morgan fingerprint density at radius 2 is 2.18 bits per heavy atom. The van der Waals surface area contributed by atoms with Crippen LogP contribution in [0.2, 0.25) is 0 Å². The highest BCUT2D eigenvalue weighted by molar-refractivity contribution is 7.46. The van der Waals surface area contributed by atoms with Crippen LogP contribution in [0.4, 0.5) is 0 Å². The number of phosphoric ester groups is 1. The van der Waals surface area contributed by atoms with Crippen molar-refractivity contribution in [2.24, 2.45) is 0 Å². The molecular formula is C9H20NO6P. The highest BCUT2D eigenvalue weighted by Gasteiger charge is 2.23. The van der Waals surface area contributed by atoms with Gasteiger partial charge < -0.3 is 19.6 Å². The first-order chi connectivity index (χ1) is 8.03. The summed E-state index contributed by atoms with van der Waals surface area (Å²) >= 11 is 0. The quantitative estimate of drug-likeness (QED) is 0.514. The number of rotatable bonds is 8. The summed E-state index contributed by atoms with van der Waals surface area (Å²) in [4.78, 5) is 19.2.